The Hall–Kier alpha value is -0.200. The molecule has 2 fully saturated rings. The van der Waals surface area contributed by atoms with Crippen molar-refractivity contribution in [2.75, 3.05) is 39.3 Å². The minimum absolute atomic E-state index is 0. The molecule has 1 N–H and O–H groups in total. The highest BCUT2D eigenvalue weighted by Gasteiger charge is 2.33. The molecule has 1 aromatic carbocycles. The average Bonchev–Trinajstić information content (AvgIpc) is 2.88. The van der Waals surface area contributed by atoms with Crippen LogP contribution in [0.1, 0.15) is 25.0 Å². The van der Waals surface area contributed by atoms with Crippen LogP contribution in [-0.2, 0) is 4.74 Å². The number of hydrogen-bond donors (Lipinski definition) is 1. The molecule has 0 aliphatic carbocycles. The van der Waals surface area contributed by atoms with Crippen LogP contribution in [0.25, 0.3) is 0 Å². The fourth-order valence-electron chi connectivity index (χ4n) is 3.30. The van der Waals surface area contributed by atoms with Crippen molar-refractivity contribution in [1.82, 2.24) is 10.2 Å². The number of halogens is 3. The highest BCUT2D eigenvalue weighted by atomic mass is 79.9. The Morgan fingerprint density at radius 2 is 2.32 bits per heavy atom. The van der Waals surface area contributed by atoms with Crippen molar-refractivity contribution in [3.63, 3.8) is 0 Å². The molecule has 0 spiro atoms. The molecule has 2 aliphatic rings. The largest absolute Gasteiger partial charge is 0.371 e. The smallest absolute Gasteiger partial charge is 0.137 e. The first-order valence-corrected chi connectivity index (χ1v) is 8.35. The lowest BCUT2D eigenvalue weighted by Crippen LogP contribution is -2.44. The van der Waals surface area contributed by atoms with Crippen molar-refractivity contribution in [2.45, 2.75) is 19.4 Å². The Bertz CT molecular complexity index is 511. The van der Waals surface area contributed by atoms with Crippen LogP contribution in [0.5, 0.6) is 0 Å². The summed E-state index contributed by atoms with van der Waals surface area (Å²) in [6.07, 6.45) is 1.27. The van der Waals surface area contributed by atoms with Crippen LogP contribution in [0.4, 0.5) is 4.39 Å². The fraction of sp³-hybridized carbons (Fsp3) is 0.625. The van der Waals surface area contributed by atoms with Gasteiger partial charge < -0.3 is 10.1 Å². The summed E-state index contributed by atoms with van der Waals surface area (Å²) in [7, 11) is 0. The third-order valence-corrected chi connectivity index (χ3v) is 5.14. The Balaban J connectivity index is 0.00000176. The fourth-order valence-corrected chi connectivity index (χ4v) is 3.70. The van der Waals surface area contributed by atoms with E-state index in [1.165, 1.54) is 12.5 Å². The number of hydrogen-bond acceptors (Lipinski definition) is 3. The molecule has 1 aromatic rings. The van der Waals surface area contributed by atoms with Crippen molar-refractivity contribution in [1.29, 1.82) is 0 Å². The molecule has 0 radical (unpaired) electrons. The van der Waals surface area contributed by atoms with Gasteiger partial charge in [-0.1, -0.05) is 13.0 Å². The predicted molar refractivity (Wildman–Crippen MR) is 92.1 cm³/mol. The van der Waals surface area contributed by atoms with Crippen LogP contribution in [0.3, 0.4) is 0 Å². The molecule has 0 bridgehead atoms. The van der Waals surface area contributed by atoms with E-state index in [0.29, 0.717) is 9.89 Å². The zero-order valence-corrected chi connectivity index (χ0v) is 15.2. The zero-order chi connectivity index (χ0) is 14.9. The second-order valence-electron chi connectivity index (χ2n) is 6.51. The summed E-state index contributed by atoms with van der Waals surface area (Å²) in [5.74, 6) is -0.226. The molecule has 2 aliphatic heterocycles. The summed E-state index contributed by atoms with van der Waals surface area (Å²) in [5, 5.41) is 3.45. The first kappa shape index (κ1) is 18.1. The maximum absolute atomic E-state index is 13.4. The van der Waals surface area contributed by atoms with Crippen LogP contribution in [0.2, 0.25) is 0 Å². The summed E-state index contributed by atoms with van der Waals surface area (Å²) >= 11 is 3.25. The molecular formula is C16H23BrClFN2O. The normalized spacial score (nSPS) is 29.3. The molecule has 0 aromatic heterocycles. The zero-order valence-electron chi connectivity index (χ0n) is 12.8. The molecule has 2 heterocycles. The molecule has 0 saturated carbocycles. The van der Waals surface area contributed by atoms with Gasteiger partial charge in [0.05, 0.1) is 17.2 Å². The summed E-state index contributed by atoms with van der Waals surface area (Å²) in [4.78, 5) is 2.48. The molecule has 124 valence electrons. The Labute approximate surface area is 146 Å². The lowest BCUT2D eigenvalue weighted by molar-refractivity contribution is -0.0401. The number of nitrogens with one attached hydrogen (secondary N) is 1. The summed E-state index contributed by atoms with van der Waals surface area (Å²) in [6.45, 7) is 8.27. The molecule has 22 heavy (non-hydrogen) atoms. The van der Waals surface area contributed by atoms with E-state index in [1.807, 2.05) is 12.1 Å². The summed E-state index contributed by atoms with van der Waals surface area (Å²) < 4.78 is 19.8. The summed E-state index contributed by atoms with van der Waals surface area (Å²) in [6, 6.07) is 5.17. The maximum Gasteiger partial charge on any atom is 0.137 e. The van der Waals surface area contributed by atoms with Crippen molar-refractivity contribution >= 4 is 28.3 Å². The van der Waals surface area contributed by atoms with Crippen LogP contribution in [0, 0.1) is 11.2 Å². The molecule has 2 unspecified atom stereocenters. The average molecular weight is 394 g/mol. The lowest BCUT2D eigenvalue weighted by Gasteiger charge is -2.37. The van der Waals surface area contributed by atoms with Gasteiger partial charge in [-0.3, -0.25) is 4.90 Å². The van der Waals surface area contributed by atoms with Gasteiger partial charge in [0.15, 0.2) is 0 Å². The Morgan fingerprint density at radius 1 is 1.50 bits per heavy atom. The number of rotatable bonds is 3. The number of morpholine rings is 1. The van der Waals surface area contributed by atoms with Gasteiger partial charge in [0.2, 0.25) is 0 Å². The molecule has 6 heteroatoms. The standard InChI is InChI=1S/C16H22BrFN2O.ClH/c1-16(4-5-19-10-16)11-20-6-7-21-15(9-20)12-2-3-14(18)13(17)8-12;/h2-3,8,15,19H,4-7,9-11H2,1H3;1H. The quantitative estimate of drug-likeness (QED) is 0.852. The van der Waals surface area contributed by atoms with Crippen molar-refractivity contribution in [3.8, 4) is 0 Å². The molecule has 0 amide bonds. The van der Waals surface area contributed by atoms with E-state index in [2.05, 4.69) is 33.1 Å². The van der Waals surface area contributed by atoms with Crippen molar-refractivity contribution in [2.24, 2.45) is 5.41 Å². The minimum Gasteiger partial charge on any atom is -0.371 e. The number of benzene rings is 1. The van der Waals surface area contributed by atoms with E-state index in [0.717, 1.165) is 44.9 Å². The number of nitrogens with zero attached hydrogens (tertiary/aromatic N) is 1. The van der Waals surface area contributed by atoms with Crippen molar-refractivity contribution < 1.29 is 9.13 Å². The maximum atomic E-state index is 13.4. The van der Waals surface area contributed by atoms with Gasteiger partial charge in [-0.2, -0.15) is 0 Å². The Morgan fingerprint density at radius 3 is 3.00 bits per heavy atom. The van der Waals surface area contributed by atoms with E-state index in [4.69, 9.17) is 4.74 Å². The van der Waals surface area contributed by atoms with E-state index in [1.54, 1.807) is 0 Å². The van der Waals surface area contributed by atoms with Crippen LogP contribution in [0.15, 0.2) is 22.7 Å². The van der Waals surface area contributed by atoms with E-state index in [9.17, 15) is 4.39 Å². The molecule has 3 rings (SSSR count). The summed E-state index contributed by atoms with van der Waals surface area (Å²) in [5.41, 5.74) is 1.41. The number of ether oxygens (including phenoxy) is 1. The van der Waals surface area contributed by atoms with E-state index in [-0.39, 0.29) is 24.3 Å². The highest BCUT2D eigenvalue weighted by Crippen LogP contribution is 2.30. The van der Waals surface area contributed by atoms with Gasteiger partial charge in [-0.15, -0.1) is 12.4 Å². The Kier molecular flexibility index (Phi) is 6.25. The first-order chi connectivity index (χ1) is 10.1. The van der Waals surface area contributed by atoms with E-state index < -0.39 is 0 Å². The van der Waals surface area contributed by atoms with Gasteiger partial charge in [0.25, 0.3) is 0 Å². The topological polar surface area (TPSA) is 24.5 Å². The van der Waals surface area contributed by atoms with Crippen LogP contribution < -0.4 is 5.32 Å². The third-order valence-electron chi connectivity index (χ3n) is 4.53. The van der Waals surface area contributed by atoms with Crippen molar-refractivity contribution in [3.05, 3.63) is 34.1 Å². The second kappa shape index (κ2) is 7.58. The SMILES string of the molecule is CC1(CN2CCOC(c3ccc(F)c(Br)c3)C2)CCNC1.Cl. The molecule has 2 atom stereocenters. The third kappa shape index (κ3) is 4.20. The molecule has 3 nitrogen and oxygen atoms in total. The van der Waals surface area contributed by atoms with Gasteiger partial charge in [0, 0.05) is 26.2 Å². The van der Waals surface area contributed by atoms with Gasteiger partial charge in [-0.05, 0) is 52.0 Å². The first-order valence-electron chi connectivity index (χ1n) is 7.55. The lowest BCUT2D eigenvalue weighted by atomic mass is 9.89. The van der Waals surface area contributed by atoms with Crippen LogP contribution in [-0.4, -0.2) is 44.2 Å². The van der Waals surface area contributed by atoms with E-state index >= 15 is 0 Å². The van der Waals surface area contributed by atoms with Gasteiger partial charge in [0.1, 0.15) is 5.82 Å². The molecule has 2 saturated heterocycles. The monoisotopic (exact) mass is 392 g/mol. The minimum atomic E-state index is -0.226. The van der Waals surface area contributed by atoms with Gasteiger partial charge >= 0.3 is 0 Å². The van der Waals surface area contributed by atoms with Gasteiger partial charge in [-0.25, -0.2) is 4.39 Å². The second-order valence-corrected chi connectivity index (χ2v) is 7.36. The van der Waals surface area contributed by atoms with Crippen LogP contribution >= 0.6 is 28.3 Å². The highest BCUT2D eigenvalue weighted by molar-refractivity contribution is 9.10. The molecular weight excluding hydrogens is 371 g/mol. The predicted octanol–water partition coefficient (Wildman–Crippen LogP) is 3.38.